The molecule has 0 radical (unpaired) electrons. The van der Waals surface area contributed by atoms with Gasteiger partial charge in [0.2, 0.25) is 0 Å². The molecule has 0 heterocycles. The van der Waals surface area contributed by atoms with Gasteiger partial charge in [-0.25, -0.2) is 8.78 Å². The first-order valence-electron chi connectivity index (χ1n) is 6.00. The molecule has 0 bridgehead atoms. The van der Waals surface area contributed by atoms with Gasteiger partial charge in [-0.3, -0.25) is 9.59 Å². The Bertz CT molecular complexity index is 517. The number of esters is 1. The van der Waals surface area contributed by atoms with E-state index in [1.165, 1.54) is 6.08 Å². The second-order valence-corrected chi connectivity index (χ2v) is 3.90. The van der Waals surface area contributed by atoms with Crippen molar-refractivity contribution in [1.82, 2.24) is 4.90 Å². The molecule has 6 heteroatoms. The number of hydrogen-bond donors (Lipinski definition) is 0. The Hall–Kier alpha value is -2.24. The third-order valence-electron chi connectivity index (χ3n) is 2.42. The molecular formula is C14H15F2NO3. The smallest absolute Gasteiger partial charge is 0.325 e. The van der Waals surface area contributed by atoms with E-state index in [0.29, 0.717) is 0 Å². The number of nitrogens with zero attached hydrogens (tertiary/aromatic N) is 1. The monoisotopic (exact) mass is 283 g/mol. The lowest BCUT2D eigenvalue weighted by molar-refractivity contribution is -0.143. The molecular weight excluding hydrogens is 268 g/mol. The van der Waals surface area contributed by atoms with Crippen LogP contribution >= 0.6 is 0 Å². The molecule has 0 saturated carbocycles. The molecule has 0 saturated heterocycles. The van der Waals surface area contributed by atoms with Crippen molar-refractivity contribution in [3.63, 3.8) is 0 Å². The van der Waals surface area contributed by atoms with Gasteiger partial charge in [-0.05, 0) is 25.1 Å². The van der Waals surface area contributed by atoms with E-state index < -0.39 is 29.1 Å². The van der Waals surface area contributed by atoms with Crippen molar-refractivity contribution in [2.45, 2.75) is 6.92 Å². The Balaban J connectivity index is 2.95. The molecule has 0 aliphatic carbocycles. The molecule has 0 aliphatic rings. The van der Waals surface area contributed by atoms with Crippen LogP contribution in [0.2, 0.25) is 0 Å². The van der Waals surface area contributed by atoms with Gasteiger partial charge < -0.3 is 9.64 Å². The predicted molar refractivity (Wildman–Crippen MR) is 69.1 cm³/mol. The Morgan fingerprint density at radius 1 is 1.40 bits per heavy atom. The zero-order valence-electron chi connectivity index (χ0n) is 11.1. The van der Waals surface area contributed by atoms with Gasteiger partial charge in [-0.1, -0.05) is 6.08 Å². The maximum absolute atomic E-state index is 13.5. The van der Waals surface area contributed by atoms with Crippen molar-refractivity contribution in [3.05, 3.63) is 48.1 Å². The van der Waals surface area contributed by atoms with Crippen molar-refractivity contribution < 1.29 is 23.1 Å². The number of halogens is 2. The Morgan fingerprint density at radius 3 is 2.70 bits per heavy atom. The normalized spacial score (nSPS) is 9.95. The lowest BCUT2D eigenvalue weighted by atomic mass is 10.1. The SMILES string of the molecule is C=CCN(CC(=O)OCC)C(=O)c1cc(F)ccc1F. The number of benzene rings is 1. The fourth-order valence-corrected chi connectivity index (χ4v) is 1.57. The van der Waals surface area contributed by atoms with Crippen molar-refractivity contribution in [2.75, 3.05) is 19.7 Å². The number of hydrogen-bond acceptors (Lipinski definition) is 3. The minimum Gasteiger partial charge on any atom is -0.465 e. The van der Waals surface area contributed by atoms with Crippen LogP contribution in [0.1, 0.15) is 17.3 Å². The molecule has 0 atom stereocenters. The van der Waals surface area contributed by atoms with Crippen molar-refractivity contribution in [1.29, 1.82) is 0 Å². The lowest BCUT2D eigenvalue weighted by Crippen LogP contribution is -2.37. The van der Waals surface area contributed by atoms with E-state index in [0.717, 1.165) is 23.1 Å². The third kappa shape index (κ3) is 4.15. The highest BCUT2D eigenvalue weighted by molar-refractivity contribution is 5.96. The molecule has 1 aromatic rings. The molecule has 1 rings (SSSR count). The van der Waals surface area contributed by atoms with Crippen LogP contribution in [-0.2, 0) is 9.53 Å². The summed E-state index contributed by atoms with van der Waals surface area (Å²) in [7, 11) is 0. The summed E-state index contributed by atoms with van der Waals surface area (Å²) in [6.45, 7) is 4.92. The van der Waals surface area contributed by atoms with E-state index in [1.807, 2.05) is 0 Å². The Morgan fingerprint density at radius 2 is 2.10 bits per heavy atom. The van der Waals surface area contributed by atoms with Crippen LogP contribution in [0.25, 0.3) is 0 Å². The van der Waals surface area contributed by atoms with Gasteiger partial charge >= 0.3 is 5.97 Å². The van der Waals surface area contributed by atoms with E-state index in [9.17, 15) is 18.4 Å². The first kappa shape index (κ1) is 15.8. The van der Waals surface area contributed by atoms with E-state index in [4.69, 9.17) is 4.74 Å². The van der Waals surface area contributed by atoms with Gasteiger partial charge in [-0.15, -0.1) is 6.58 Å². The molecule has 0 spiro atoms. The van der Waals surface area contributed by atoms with Crippen LogP contribution in [0.4, 0.5) is 8.78 Å². The Kier molecular flexibility index (Phi) is 5.83. The molecule has 0 aliphatic heterocycles. The topological polar surface area (TPSA) is 46.6 Å². The van der Waals surface area contributed by atoms with E-state index in [2.05, 4.69) is 6.58 Å². The zero-order valence-corrected chi connectivity index (χ0v) is 11.1. The number of carbonyl (C=O) groups excluding carboxylic acids is 2. The third-order valence-corrected chi connectivity index (χ3v) is 2.42. The first-order valence-corrected chi connectivity index (χ1v) is 6.00. The quantitative estimate of drug-likeness (QED) is 0.593. The van der Waals surface area contributed by atoms with Crippen LogP contribution in [0.3, 0.4) is 0 Å². The second kappa shape index (κ2) is 7.37. The number of rotatable bonds is 6. The molecule has 1 amide bonds. The highest BCUT2D eigenvalue weighted by Crippen LogP contribution is 2.12. The van der Waals surface area contributed by atoms with E-state index >= 15 is 0 Å². The van der Waals surface area contributed by atoms with Gasteiger partial charge in [-0.2, -0.15) is 0 Å². The van der Waals surface area contributed by atoms with Crippen LogP contribution in [-0.4, -0.2) is 36.5 Å². The fraction of sp³-hybridized carbons (Fsp3) is 0.286. The van der Waals surface area contributed by atoms with Crippen LogP contribution in [0.15, 0.2) is 30.9 Å². The van der Waals surface area contributed by atoms with E-state index in [-0.39, 0.29) is 19.7 Å². The van der Waals surface area contributed by atoms with Gasteiger partial charge in [0.05, 0.1) is 12.2 Å². The highest BCUT2D eigenvalue weighted by atomic mass is 19.1. The summed E-state index contributed by atoms with van der Waals surface area (Å²) in [5, 5.41) is 0. The minimum atomic E-state index is -0.852. The summed E-state index contributed by atoms with van der Waals surface area (Å²) in [5.41, 5.74) is -0.434. The number of carbonyl (C=O) groups is 2. The second-order valence-electron chi connectivity index (χ2n) is 3.90. The molecule has 0 fully saturated rings. The molecule has 0 N–H and O–H groups in total. The summed E-state index contributed by atoms with van der Waals surface area (Å²) in [5.74, 6) is -3.01. The standard InChI is InChI=1S/C14H15F2NO3/c1-3-7-17(9-13(18)20-4-2)14(19)11-8-10(15)5-6-12(11)16/h3,5-6,8H,1,4,7,9H2,2H3. The lowest BCUT2D eigenvalue weighted by Gasteiger charge is -2.20. The van der Waals surface area contributed by atoms with Gasteiger partial charge in [0, 0.05) is 6.54 Å². The van der Waals surface area contributed by atoms with Crippen molar-refractivity contribution in [3.8, 4) is 0 Å². The maximum atomic E-state index is 13.5. The first-order chi connectivity index (χ1) is 9.49. The summed E-state index contributed by atoms with van der Waals surface area (Å²) >= 11 is 0. The molecule has 4 nitrogen and oxygen atoms in total. The minimum absolute atomic E-state index is 0.0214. The molecule has 0 unspecified atom stereocenters. The Labute approximate surface area is 115 Å². The van der Waals surface area contributed by atoms with Crippen molar-refractivity contribution >= 4 is 11.9 Å². The fourth-order valence-electron chi connectivity index (χ4n) is 1.57. The summed E-state index contributed by atoms with van der Waals surface area (Å²) in [6.07, 6.45) is 1.38. The van der Waals surface area contributed by atoms with Crippen LogP contribution in [0.5, 0.6) is 0 Å². The molecule has 20 heavy (non-hydrogen) atoms. The summed E-state index contributed by atoms with van der Waals surface area (Å²) in [6, 6.07) is 2.56. The zero-order chi connectivity index (χ0) is 15.1. The van der Waals surface area contributed by atoms with Crippen LogP contribution < -0.4 is 0 Å². The molecule has 108 valence electrons. The van der Waals surface area contributed by atoms with E-state index in [1.54, 1.807) is 6.92 Å². The average Bonchev–Trinajstić information content (AvgIpc) is 2.40. The summed E-state index contributed by atoms with van der Waals surface area (Å²) in [4.78, 5) is 24.5. The molecule has 0 aromatic heterocycles. The van der Waals surface area contributed by atoms with Gasteiger partial charge in [0.1, 0.15) is 18.2 Å². The van der Waals surface area contributed by atoms with Gasteiger partial charge in [0.25, 0.3) is 5.91 Å². The van der Waals surface area contributed by atoms with Gasteiger partial charge in [0.15, 0.2) is 0 Å². The summed E-state index contributed by atoms with van der Waals surface area (Å²) < 4.78 is 31.4. The largest absolute Gasteiger partial charge is 0.465 e. The number of amides is 1. The highest BCUT2D eigenvalue weighted by Gasteiger charge is 2.21. The van der Waals surface area contributed by atoms with Crippen molar-refractivity contribution in [2.24, 2.45) is 0 Å². The molecule has 1 aromatic carbocycles. The maximum Gasteiger partial charge on any atom is 0.325 e. The number of ether oxygens (including phenoxy) is 1. The van der Waals surface area contributed by atoms with Crippen LogP contribution in [0, 0.1) is 11.6 Å². The predicted octanol–water partition coefficient (Wildman–Crippen LogP) is 2.16. The average molecular weight is 283 g/mol.